The lowest BCUT2D eigenvalue weighted by Crippen LogP contribution is -2.37. The van der Waals surface area contributed by atoms with Crippen LogP contribution >= 0.6 is 0 Å². The Bertz CT molecular complexity index is 539. The van der Waals surface area contributed by atoms with Crippen LogP contribution in [0.5, 0.6) is 0 Å². The fraction of sp³-hybridized carbons (Fsp3) is 0.733. The van der Waals surface area contributed by atoms with Crippen molar-refractivity contribution in [1.29, 1.82) is 0 Å². The largest absolute Gasteiger partial charge is 0.385 e. The van der Waals surface area contributed by atoms with Crippen molar-refractivity contribution in [2.75, 3.05) is 70.3 Å². The van der Waals surface area contributed by atoms with Crippen molar-refractivity contribution in [2.24, 2.45) is 0 Å². The van der Waals surface area contributed by atoms with Crippen LogP contribution in [-0.2, 0) is 9.47 Å². The summed E-state index contributed by atoms with van der Waals surface area (Å²) in [5.74, 6) is 0.475. The number of hydrogen-bond acceptors (Lipinski definition) is 9. The topological polar surface area (TPSA) is 115 Å². The van der Waals surface area contributed by atoms with Gasteiger partial charge in [-0.2, -0.15) is 0 Å². The van der Waals surface area contributed by atoms with Crippen LogP contribution in [0, 0.1) is 10.1 Å². The third kappa shape index (κ3) is 6.40. The molecule has 0 bridgehead atoms. The lowest BCUT2D eigenvalue weighted by molar-refractivity contribution is -0.383. The predicted molar refractivity (Wildman–Crippen MR) is 94.0 cm³/mol. The van der Waals surface area contributed by atoms with Crippen LogP contribution in [0.15, 0.2) is 6.33 Å². The molecule has 2 N–H and O–H groups in total. The zero-order valence-corrected chi connectivity index (χ0v) is 14.6. The van der Waals surface area contributed by atoms with Crippen LogP contribution in [0.1, 0.15) is 12.8 Å². The van der Waals surface area contributed by atoms with E-state index in [2.05, 4.69) is 25.5 Å². The van der Waals surface area contributed by atoms with Crippen LogP contribution in [-0.4, -0.2) is 79.4 Å². The van der Waals surface area contributed by atoms with Gasteiger partial charge in [0.15, 0.2) is 0 Å². The first-order chi connectivity index (χ1) is 12.2. The summed E-state index contributed by atoms with van der Waals surface area (Å²) < 4.78 is 10.3. The summed E-state index contributed by atoms with van der Waals surface area (Å²) in [6.45, 7) is 6.06. The van der Waals surface area contributed by atoms with Crippen LogP contribution < -0.4 is 10.6 Å². The van der Waals surface area contributed by atoms with Crippen LogP contribution in [0.25, 0.3) is 0 Å². The Morgan fingerprint density at radius 1 is 1.24 bits per heavy atom. The molecular weight excluding hydrogens is 328 g/mol. The van der Waals surface area contributed by atoms with Crippen molar-refractivity contribution < 1.29 is 14.4 Å². The van der Waals surface area contributed by atoms with Gasteiger partial charge in [0.25, 0.3) is 0 Å². The molecule has 2 rings (SSSR count). The fourth-order valence-electron chi connectivity index (χ4n) is 2.57. The molecule has 140 valence electrons. The molecule has 1 aromatic rings. The van der Waals surface area contributed by atoms with Gasteiger partial charge < -0.3 is 20.1 Å². The standard InChI is InChI=1S/C15H26N6O4/c1-24-9-3-5-17-15-13(21(22)23)14(18-12-19-15)16-4-2-6-20-7-10-25-11-8-20/h12H,2-11H2,1H3,(H2,16,17,18,19). The molecule has 10 heteroatoms. The molecule has 25 heavy (non-hydrogen) atoms. The first-order valence-corrected chi connectivity index (χ1v) is 8.48. The van der Waals surface area contributed by atoms with Crippen LogP contribution in [0.4, 0.5) is 17.3 Å². The van der Waals surface area contributed by atoms with E-state index in [1.807, 2.05) is 0 Å². The van der Waals surface area contributed by atoms with Crippen molar-refractivity contribution in [3.63, 3.8) is 0 Å². The van der Waals surface area contributed by atoms with Gasteiger partial charge in [-0.1, -0.05) is 0 Å². The van der Waals surface area contributed by atoms with E-state index in [0.717, 1.165) is 45.7 Å². The third-order valence-electron chi connectivity index (χ3n) is 3.87. The number of aromatic nitrogens is 2. The molecule has 0 aromatic carbocycles. The van der Waals surface area contributed by atoms with Crippen molar-refractivity contribution >= 4 is 17.3 Å². The average Bonchev–Trinajstić information content (AvgIpc) is 2.63. The molecule has 0 unspecified atom stereocenters. The number of rotatable bonds is 11. The van der Waals surface area contributed by atoms with Crippen LogP contribution in [0.2, 0.25) is 0 Å². The first kappa shape index (κ1) is 19.3. The fourth-order valence-corrected chi connectivity index (χ4v) is 2.57. The van der Waals surface area contributed by atoms with Gasteiger partial charge in [0.2, 0.25) is 11.6 Å². The molecule has 0 atom stereocenters. The first-order valence-electron chi connectivity index (χ1n) is 8.48. The molecule has 0 radical (unpaired) electrons. The number of nitrogens with zero attached hydrogens (tertiary/aromatic N) is 4. The van der Waals surface area contributed by atoms with Gasteiger partial charge in [0.05, 0.1) is 18.1 Å². The Kier molecular flexibility index (Phi) is 8.29. The van der Waals surface area contributed by atoms with Crippen molar-refractivity contribution in [3.8, 4) is 0 Å². The highest BCUT2D eigenvalue weighted by molar-refractivity contribution is 5.69. The van der Waals surface area contributed by atoms with E-state index < -0.39 is 4.92 Å². The second kappa shape index (κ2) is 10.7. The normalized spacial score (nSPS) is 15.1. The molecule has 1 aliphatic heterocycles. The van der Waals surface area contributed by atoms with E-state index in [1.54, 1.807) is 7.11 Å². The van der Waals surface area contributed by atoms with Gasteiger partial charge in [-0.3, -0.25) is 15.0 Å². The second-order valence-electron chi connectivity index (χ2n) is 5.68. The molecule has 0 amide bonds. The van der Waals surface area contributed by atoms with E-state index >= 15 is 0 Å². The molecule has 10 nitrogen and oxygen atoms in total. The van der Waals surface area contributed by atoms with Gasteiger partial charge in [-0.05, 0) is 19.4 Å². The van der Waals surface area contributed by atoms with Crippen molar-refractivity contribution in [2.45, 2.75) is 12.8 Å². The number of morpholine rings is 1. The Morgan fingerprint density at radius 3 is 2.48 bits per heavy atom. The Morgan fingerprint density at radius 2 is 1.88 bits per heavy atom. The zero-order valence-electron chi connectivity index (χ0n) is 14.6. The maximum atomic E-state index is 11.4. The van der Waals surface area contributed by atoms with E-state index in [9.17, 15) is 10.1 Å². The molecule has 0 aliphatic carbocycles. The van der Waals surface area contributed by atoms with E-state index in [0.29, 0.717) is 19.7 Å². The number of nitrogens with one attached hydrogen (secondary N) is 2. The third-order valence-corrected chi connectivity index (χ3v) is 3.87. The smallest absolute Gasteiger partial charge is 0.353 e. The summed E-state index contributed by atoms with van der Waals surface area (Å²) >= 11 is 0. The van der Waals surface area contributed by atoms with E-state index in [4.69, 9.17) is 9.47 Å². The Balaban J connectivity index is 1.86. The molecule has 0 saturated carbocycles. The highest BCUT2D eigenvalue weighted by atomic mass is 16.6. The molecule has 1 aromatic heterocycles. The highest BCUT2D eigenvalue weighted by Crippen LogP contribution is 2.28. The van der Waals surface area contributed by atoms with Gasteiger partial charge in [-0.25, -0.2) is 9.97 Å². The monoisotopic (exact) mass is 354 g/mol. The molecule has 1 aliphatic rings. The molecule has 1 fully saturated rings. The molecule has 2 heterocycles. The van der Waals surface area contributed by atoms with E-state index in [1.165, 1.54) is 6.33 Å². The zero-order chi connectivity index (χ0) is 17.9. The minimum absolute atomic E-state index is 0.119. The predicted octanol–water partition coefficient (Wildman–Crippen LogP) is 0.967. The van der Waals surface area contributed by atoms with Crippen molar-refractivity contribution in [3.05, 3.63) is 16.4 Å². The SMILES string of the molecule is COCCCNc1ncnc(NCCCN2CCOCC2)c1[N+](=O)[O-]. The highest BCUT2D eigenvalue weighted by Gasteiger charge is 2.22. The van der Waals surface area contributed by atoms with Gasteiger partial charge in [0, 0.05) is 39.9 Å². The van der Waals surface area contributed by atoms with Gasteiger partial charge in [0.1, 0.15) is 6.33 Å². The molecule has 1 saturated heterocycles. The summed E-state index contributed by atoms with van der Waals surface area (Å²) in [4.78, 5) is 21.3. The van der Waals surface area contributed by atoms with Crippen molar-refractivity contribution in [1.82, 2.24) is 14.9 Å². The molecule has 0 spiro atoms. The Labute approximate surface area is 147 Å². The summed E-state index contributed by atoms with van der Waals surface area (Å²) in [5, 5.41) is 17.4. The maximum absolute atomic E-state index is 11.4. The minimum atomic E-state index is -0.455. The summed E-state index contributed by atoms with van der Waals surface area (Å²) in [5.41, 5.74) is -0.119. The lowest BCUT2D eigenvalue weighted by atomic mass is 10.3. The Hall–Kier alpha value is -2.04. The second-order valence-corrected chi connectivity index (χ2v) is 5.68. The number of hydrogen-bond donors (Lipinski definition) is 2. The maximum Gasteiger partial charge on any atom is 0.353 e. The van der Waals surface area contributed by atoms with E-state index in [-0.39, 0.29) is 17.3 Å². The lowest BCUT2D eigenvalue weighted by Gasteiger charge is -2.26. The number of nitro groups is 1. The quantitative estimate of drug-likeness (QED) is 0.341. The summed E-state index contributed by atoms with van der Waals surface area (Å²) in [7, 11) is 1.62. The van der Waals surface area contributed by atoms with Gasteiger partial charge in [-0.15, -0.1) is 0 Å². The number of methoxy groups -OCH3 is 1. The average molecular weight is 354 g/mol. The summed E-state index contributed by atoms with van der Waals surface area (Å²) in [6.07, 6.45) is 2.94. The van der Waals surface area contributed by atoms with Gasteiger partial charge >= 0.3 is 5.69 Å². The minimum Gasteiger partial charge on any atom is -0.385 e. The number of ether oxygens (including phenoxy) is 2. The molecular formula is C15H26N6O4. The summed E-state index contributed by atoms with van der Waals surface area (Å²) in [6, 6.07) is 0. The number of anilines is 2. The van der Waals surface area contributed by atoms with Crippen LogP contribution in [0.3, 0.4) is 0 Å².